The van der Waals surface area contributed by atoms with E-state index in [2.05, 4.69) is 5.32 Å². The van der Waals surface area contributed by atoms with Crippen molar-refractivity contribution in [2.75, 3.05) is 6.61 Å². The van der Waals surface area contributed by atoms with Gasteiger partial charge in [0.15, 0.2) is 0 Å². The van der Waals surface area contributed by atoms with E-state index < -0.39 is 6.09 Å². The Morgan fingerprint density at radius 3 is 2.73 bits per heavy atom. The predicted octanol–water partition coefficient (Wildman–Crippen LogP) is 3.20. The number of carbonyl (C=O) groups excluding carboxylic acids is 1. The van der Waals surface area contributed by atoms with Crippen molar-refractivity contribution in [3.05, 3.63) is 33.8 Å². The number of rotatable bonds is 1. The molecule has 6 heteroatoms. The van der Waals surface area contributed by atoms with Gasteiger partial charge in [0.25, 0.3) is 0 Å². The van der Waals surface area contributed by atoms with Crippen LogP contribution in [0, 0.1) is 0 Å². The summed E-state index contributed by atoms with van der Waals surface area (Å²) in [5.41, 5.74) is 0.782. The third-order valence-corrected chi connectivity index (χ3v) is 2.86. The Bertz CT molecular complexity index is 384. The number of ether oxygens (including phenoxy) is 1. The van der Waals surface area contributed by atoms with E-state index in [1.165, 1.54) is 0 Å². The lowest BCUT2D eigenvalue weighted by atomic mass is 10.1. The van der Waals surface area contributed by atoms with Crippen molar-refractivity contribution in [2.45, 2.75) is 6.04 Å². The van der Waals surface area contributed by atoms with E-state index >= 15 is 0 Å². The van der Waals surface area contributed by atoms with Crippen LogP contribution in [0.1, 0.15) is 11.6 Å². The molecular formula is C9H8Cl3NO2. The van der Waals surface area contributed by atoms with E-state index in [9.17, 15) is 4.79 Å². The molecule has 1 aliphatic heterocycles. The Labute approximate surface area is 103 Å². The summed E-state index contributed by atoms with van der Waals surface area (Å²) < 4.78 is 4.76. The largest absolute Gasteiger partial charge is 0.447 e. The molecule has 1 aliphatic rings. The van der Waals surface area contributed by atoms with E-state index in [0.717, 1.165) is 5.56 Å². The minimum atomic E-state index is -0.425. The molecule has 0 aromatic heterocycles. The average Bonchev–Trinajstić information content (AvgIpc) is 2.57. The first-order valence-corrected chi connectivity index (χ1v) is 4.81. The number of hydrogen-bond donors (Lipinski definition) is 1. The summed E-state index contributed by atoms with van der Waals surface area (Å²) >= 11 is 11.8. The lowest BCUT2D eigenvalue weighted by molar-refractivity contribution is 0.177. The minimum absolute atomic E-state index is 0. The molecule has 3 nitrogen and oxygen atoms in total. The maximum Gasteiger partial charge on any atom is 0.407 e. The van der Waals surface area contributed by atoms with E-state index in [4.69, 9.17) is 27.9 Å². The lowest BCUT2D eigenvalue weighted by Crippen LogP contribution is -2.18. The Balaban J connectivity index is 0.00000112. The smallest absolute Gasteiger partial charge is 0.407 e. The molecule has 1 saturated heterocycles. The molecule has 1 aromatic rings. The fourth-order valence-electron chi connectivity index (χ4n) is 1.34. The van der Waals surface area contributed by atoms with Gasteiger partial charge in [-0.2, -0.15) is 0 Å². The summed E-state index contributed by atoms with van der Waals surface area (Å²) in [6.07, 6.45) is -0.425. The Kier molecular flexibility index (Phi) is 4.08. The maximum absolute atomic E-state index is 10.8. The second-order valence-electron chi connectivity index (χ2n) is 2.94. The SMILES string of the molecule is Cl.O=C1N[C@H](c2cccc(Cl)c2Cl)CO1. The Morgan fingerprint density at radius 2 is 2.13 bits per heavy atom. The van der Waals surface area contributed by atoms with Gasteiger partial charge in [0, 0.05) is 0 Å². The van der Waals surface area contributed by atoms with Crippen molar-refractivity contribution in [1.82, 2.24) is 5.32 Å². The van der Waals surface area contributed by atoms with Gasteiger partial charge < -0.3 is 10.1 Å². The Morgan fingerprint density at radius 1 is 1.40 bits per heavy atom. The highest BCUT2D eigenvalue weighted by molar-refractivity contribution is 6.42. The number of carbonyl (C=O) groups is 1. The van der Waals surface area contributed by atoms with Gasteiger partial charge in [-0.1, -0.05) is 35.3 Å². The van der Waals surface area contributed by atoms with Gasteiger partial charge in [0.2, 0.25) is 0 Å². The first kappa shape index (κ1) is 12.4. The van der Waals surface area contributed by atoms with Gasteiger partial charge in [0.05, 0.1) is 16.1 Å². The zero-order valence-corrected chi connectivity index (χ0v) is 9.83. The van der Waals surface area contributed by atoms with Crippen LogP contribution in [0.15, 0.2) is 18.2 Å². The van der Waals surface area contributed by atoms with Crippen LogP contribution in [-0.2, 0) is 4.74 Å². The van der Waals surface area contributed by atoms with Gasteiger partial charge in [-0.25, -0.2) is 4.79 Å². The molecule has 1 atom stereocenters. The number of cyclic esters (lactones) is 1. The van der Waals surface area contributed by atoms with Crippen molar-refractivity contribution in [3.8, 4) is 0 Å². The van der Waals surface area contributed by atoms with Crippen molar-refractivity contribution >= 4 is 41.7 Å². The highest BCUT2D eigenvalue weighted by Crippen LogP contribution is 2.31. The fraction of sp³-hybridized carbons (Fsp3) is 0.222. The fourth-order valence-corrected chi connectivity index (χ4v) is 1.78. The molecule has 0 spiro atoms. The summed E-state index contributed by atoms with van der Waals surface area (Å²) in [6.45, 7) is 0.291. The summed E-state index contributed by atoms with van der Waals surface area (Å²) in [7, 11) is 0. The lowest BCUT2D eigenvalue weighted by Gasteiger charge is -2.10. The topological polar surface area (TPSA) is 38.3 Å². The molecule has 0 radical (unpaired) electrons. The molecule has 82 valence electrons. The maximum atomic E-state index is 10.8. The van der Waals surface area contributed by atoms with Crippen LogP contribution in [-0.4, -0.2) is 12.7 Å². The average molecular weight is 269 g/mol. The molecule has 1 fully saturated rings. The van der Waals surface area contributed by atoms with E-state index in [0.29, 0.717) is 16.7 Å². The molecule has 0 bridgehead atoms. The van der Waals surface area contributed by atoms with Crippen LogP contribution in [0.2, 0.25) is 10.0 Å². The molecule has 2 rings (SSSR count). The van der Waals surface area contributed by atoms with Crippen LogP contribution >= 0.6 is 35.6 Å². The zero-order valence-electron chi connectivity index (χ0n) is 7.50. The molecule has 1 amide bonds. The molecule has 1 N–H and O–H groups in total. The standard InChI is InChI=1S/C9H7Cl2NO2.ClH/c10-6-3-1-2-5(8(6)11)7-4-14-9(13)12-7;/h1-3,7H,4H2,(H,12,13);1H/t7-;/m0./s1. The second kappa shape index (κ2) is 4.92. The predicted molar refractivity (Wildman–Crippen MR) is 60.9 cm³/mol. The van der Waals surface area contributed by atoms with Gasteiger partial charge in [0.1, 0.15) is 6.61 Å². The number of nitrogens with one attached hydrogen (secondary N) is 1. The highest BCUT2D eigenvalue weighted by atomic mass is 35.5. The summed E-state index contributed by atoms with van der Waals surface area (Å²) in [5, 5.41) is 3.57. The quantitative estimate of drug-likeness (QED) is 0.849. The normalized spacial score (nSPS) is 19.1. The van der Waals surface area contributed by atoms with E-state index in [-0.39, 0.29) is 18.4 Å². The molecule has 1 aromatic carbocycles. The number of benzene rings is 1. The molecule has 0 unspecified atom stereocenters. The van der Waals surface area contributed by atoms with Gasteiger partial charge >= 0.3 is 6.09 Å². The third kappa shape index (κ3) is 2.48. The van der Waals surface area contributed by atoms with Crippen LogP contribution in [0.3, 0.4) is 0 Å². The first-order valence-electron chi connectivity index (χ1n) is 4.05. The summed E-state index contributed by atoms with van der Waals surface area (Å²) in [5.74, 6) is 0. The van der Waals surface area contributed by atoms with Crippen molar-refractivity contribution in [3.63, 3.8) is 0 Å². The van der Waals surface area contributed by atoms with Crippen LogP contribution in [0.25, 0.3) is 0 Å². The zero-order chi connectivity index (χ0) is 10.1. The molecular weight excluding hydrogens is 260 g/mol. The number of amides is 1. The van der Waals surface area contributed by atoms with Gasteiger partial charge in [-0.3, -0.25) is 0 Å². The van der Waals surface area contributed by atoms with Crippen molar-refractivity contribution < 1.29 is 9.53 Å². The highest BCUT2D eigenvalue weighted by Gasteiger charge is 2.25. The minimum Gasteiger partial charge on any atom is -0.447 e. The van der Waals surface area contributed by atoms with Gasteiger partial charge in [-0.15, -0.1) is 12.4 Å². The summed E-state index contributed by atoms with van der Waals surface area (Å²) in [6, 6.07) is 5.10. The number of alkyl carbamates (subject to hydrolysis) is 1. The van der Waals surface area contributed by atoms with Crippen molar-refractivity contribution in [1.29, 1.82) is 0 Å². The monoisotopic (exact) mass is 267 g/mol. The van der Waals surface area contributed by atoms with Crippen LogP contribution < -0.4 is 5.32 Å². The first-order chi connectivity index (χ1) is 6.68. The molecule has 0 saturated carbocycles. The molecule has 0 aliphatic carbocycles. The Hall–Kier alpha value is -0.640. The summed E-state index contributed by atoms with van der Waals surface area (Å²) in [4.78, 5) is 10.8. The van der Waals surface area contributed by atoms with Crippen LogP contribution in [0.5, 0.6) is 0 Å². The number of hydrogen-bond acceptors (Lipinski definition) is 2. The van der Waals surface area contributed by atoms with Crippen LogP contribution in [0.4, 0.5) is 4.79 Å². The van der Waals surface area contributed by atoms with Gasteiger partial charge in [-0.05, 0) is 11.6 Å². The second-order valence-corrected chi connectivity index (χ2v) is 3.72. The third-order valence-electron chi connectivity index (χ3n) is 2.03. The van der Waals surface area contributed by atoms with E-state index in [1.54, 1.807) is 12.1 Å². The number of halogens is 3. The van der Waals surface area contributed by atoms with E-state index in [1.807, 2.05) is 6.07 Å². The van der Waals surface area contributed by atoms with Crippen molar-refractivity contribution in [2.24, 2.45) is 0 Å². The molecule has 15 heavy (non-hydrogen) atoms. The molecule has 1 heterocycles.